The van der Waals surface area contributed by atoms with Crippen LogP contribution in [-0.4, -0.2) is 19.6 Å². The Morgan fingerprint density at radius 2 is 0.980 bits per heavy atom. The SMILES string of the molecule is Cc1cn(-c2cccc3c2sc2c(C)cccc23)nc1C(C)(C)c1nn(-c2cccc3c2sc2c(C(F)(F)F)cccc23)cc1C(F)(F)F. The molecule has 0 atom stereocenters. The predicted molar refractivity (Wildman–Crippen MR) is 185 cm³/mol. The van der Waals surface area contributed by atoms with Crippen LogP contribution in [0.25, 0.3) is 51.7 Å². The largest absolute Gasteiger partial charge is 0.419 e. The predicted octanol–water partition coefficient (Wildman–Crippen LogP) is 11.8. The molecule has 4 aromatic heterocycles. The Labute approximate surface area is 283 Å². The minimum absolute atomic E-state index is 0.0196. The van der Waals surface area contributed by atoms with Crippen LogP contribution in [0.3, 0.4) is 0 Å². The zero-order valence-electron chi connectivity index (χ0n) is 26.5. The molecular weight excluding hydrogens is 679 g/mol. The highest BCUT2D eigenvalue weighted by Gasteiger charge is 2.43. The van der Waals surface area contributed by atoms with Crippen LogP contribution in [0, 0.1) is 13.8 Å². The van der Waals surface area contributed by atoms with Crippen LogP contribution in [0.1, 0.15) is 47.5 Å². The maximum absolute atomic E-state index is 14.8. The molecule has 0 spiro atoms. The number of rotatable bonds is 4. The zero-order valence-corrected chi connectivity index (χ0v) is 28.1. The summed E-state index contributed by atoms with van der Waals surface area (Å²) in [4.78, 5) is 0. The Morgan fingerprint density at radius 1 is 0.510 bits per heavy atom. The smallest absolute Gasteiger partial charge is 0.239 e. The summed E-state index contributed by atoms with van der Waals surface area (Å²) in [6, 6.07) is 20.9. The lowest BCUT2D eigenvalue weighted by molar-refractivity contribution is -0.138. The van der Waals surface area contributed by atoms with Gasteiger partial charge in [0.05, 0.1) is 48.7 Å². The molecule has 0 amide bonds. The van der Waals surface area contributed by atoms with Crippen LogP contribution in [0.15, 0.2) is 85.2 Å². The Kier molecular flexibility index (Phi) is 6.87. The monoisotopic (exact) mass is 704 g/mol. The molecule has 0 saturated heterocycles. The molecule has 0 unspecified atom stereocenters. The Bertz CT molecular complexity index is 2600. The Morgan fingerprint density at radius 3 is 1.57 bits per heavy atom. The Hall–Kier alpha value is -4.68. The number of halogens is 6. The van der Waals surface area contributed by atoms with Gasteiger partial charge in [0.1, 0.15) is 0 Å². The first-order valence-electron chi connectivity index (χ1n) is 15.3. The normalized spacial score (nSPS) is 13.1. The number of hydrogen-bond donors (Lipinski definition) is 0. The van der Waals surface area contributed by atoms with Crippen LogP contribution in [0.2, 0.25) is 0 Å². The molecule has 0 radical (unpaired) electrons. The fourth-order valence-electron chi connectivity index (χ4n) is 6.82. The molecule has 49 heavy (non-hydrogen) atoms. The van der Waals surface area contributed by atoms with E-state index in [9.17, 15) is 26.3 Å². The number of thiophene rings is 2. The van der Waals surface area contributed by atoms with E-state index in [2.05, 4.69) is 30.2 Å². The van der Waals surface area contributed by atoms with Gasteiger partial charge in [0.25, 0.3) is 0 Å². The van der Waals surface area contributed by atoms with Crippen molar-refractivity contribution in [2.75, 3.05) is 0 Å². The molecule has 4 nitrogen and oxygen atoms in total. The minimum atomic E-state index is -4.76. The van der Waals surface area contributed by atoms with Gasteiger partial charge in [-0.3, -0.25) is 0 Å². The van der Waals surface area contributed by atoms with Crippen molar-refractivity contribution >= 4 is 63.0 Å². The lowest BCUT2D eigenvalue weighted by atomic mass is 9.82. The van der Waals surface area contributed by atoms with Crippen LogP contribution in [0.4, 0.5) is 26.3 Å². The average Bonchev–Trinajstić information content (AvgIpc) is 3.83. The number of aromatic nitrogens is 4. The highest BCUT2D eigenvalue weighted by atomic mass is 32.1. The zero-order chi connectivity index (χ0) is 34.6. The maximum atomic E-state index is 14.8. The first-order chi connectivity index (χ1) is 23.1. The molecule has 0 aliphatic rings. The van der Waals surface area contributed by atoms with Gasteiger partial charge >= 0.3 is 12.4 Å². The van der Waals surface area contributed by atoms with Crippen LogP contribution in [-0.2, 0) is 17.8 Å². The van der Waals surface area contributed by atoms with E-state index in [-0.39, 0.29) is 16.1 Å². The number of alkyl halides is 6. The minimum Gasteiger partial charge on any atom is -0.239 e. The molecule has 0 N–H and O–H groups in total. The fourth-order valence-corrected chi connectivity index (χ4v) is 9.43. The summed E-state index contributed by atoms with van der Waals surface area (Å²) in [5, 5.41) is 12.5. The molecule has 8 rings (SSSR count). The topological polar surface area (TPSA) is 35.6 Å². The molecule has 248 valence electrons. The average molecular weight is 705 g/mol. The number of benzene rings is 4. The molecule has 12 heteroatoms. The lowest BCUT2D eigenvalue weighted by Crippen LogP contribution is -2.25. The highest BCUT2D eigenvalue weighted by molar-refractivity contribution is 7.26. The second-order valence-corrected chi connectivity index (χ2v) is 14.7. The van der Waals surface area contributed by atoms with E-state index in [0.29, 0.717) is 26.7 Å². The number of fused-ring (bicyclic) bond motifs is 6. The van der Waals surface area contributed by atoms with E-state index < -0.39 is 28.9 Å². The number of aryl methyl sites for hydroxylation is 2. The Balaban J connectivity index is 1.28. The van der Waals surface area contributed by atoms with Crippen molar-refractivity contribution in [3.8, 4) is 11.4 Å². The number of hydrogen-bond acceptors (Lipinski definition) is 4. The molecule has 0 fully saturated rings. The summed E-state index contributed by atoms with van der Waals surface area (Å²) >= 11 is 2.55. The van der Waals surface area contributed by atoms with Gasteiger partial charge < -0.3 is 0 Å². The van der Waals surface area contributed by atoms with Crippen molar-refractivity contribution in [1.29, 1.82) is 0 Å². The molecule has 0 aliphatic heterocycles. The number of nitrogens with zero attached hydrogens (tertiary/aromatic N) is 4. The van der Waals surface area contributed by atoms with Crippen molar-refractivity contribution in [3.63, 3.8) is 0 Å². The molecule has 0 aliphatic carbocycles. The van der Waals surface area contributed by atoms with Crippen molar-refractivity contribution < 1.29 is 26.3 Å². The lowest BCUT2D eigenvalue weighted by Gasteiger charge is -2.23. The first-order valence-corrected chi connectivity index (χ1v) is 16.9. The summed E-state index contributed by atoms with van der Waals surface area (Å²) < 4.78 is 91.4. The first kappa shape index (κ1) is 31.6. The highest BCUT2D eigenvalue weighted by Crippen LogP contribution is 2.46. The summed E-state index contributed by atoms with van der Waals surface area (Å²) in [5.74, 6) is 0. The summed E-state index contributed by atoms with van der Waals surface area (Å²) in [5.41, 5.74) is 0.0657. The fraction of sp³-hybridized carbons (Fsp3) is 0.189. The third kappa shape index (κ3) is 4.86. The van der Waals surface area contributed by atoms with Gasteiger partial charge in [-0.05, 0) is 57.0 Å². The van der Waals surface area contributed by atoms with Gasteiger partial charge in [-0.2, -0.15) is 36.5 Å². The standard InChI is InChI=1S/C37H26F6N4S2/c1-19-9-5-10-21-23-12-7-15-27(31(23)48-29(19)21)46-17-20(2)33(44-46)35(3,4)34-26(37(41,42)43)18-47(45-34)28-16-8-13-24-22-11-6-14-25(36(38,39)40)30(22)49-32(24)28/h5-18H,1-4H3. The summed E-state index contributed by atoms with van der Waals surface area (Å²) in [6.45, 7) is 7.20. The quantitative estimate of drug-likeness (QED) is 0.171. The van der Waals surface area contributed by atoms with E-state index >= 15 is 0 Å². The molecule has 0 saturated carbocycles. The molecule has 8 aromatic rings. The molecule has 4 aromatic carbocycles. The molecule has 4 heterocycles. The second-order valence-electron chi connectivity index (χ2n) is 12.7. The van der Waals surface area contributed by atoms with Gasteiger partial charge in [-0.1, -0.05) is 54.6 Å². The van der Waals surface area contributed by atoms with Crippen LogP contribution in [0.5, 0.6) is 0 Å². The summed E-state index contributed by atoms with van der Waals surface area (Å²) in [7, 11) is 0. The maximum Gasteiger partial charge on any atom is 0.419 e. The van der Waals surface area contributed by atoms with Crippen molar-refractivity contribution in [1.82, 2.24) is 19.6 Å². The van der Waals surface area contributed by atoms with Gasteiger partial charge in [-0.15, -0.1) is 22.7 Å². The third-order valence-corrected chi connectivity index (χ3v) is 11.8. The van der Waals surface area contributed by atoms with E-state index in [1.165, 1.54) is 6.07 Å². The van der Waals surface area contributed by atoms with Gasteiger partial charge in [0.15, 0.2) is 0 Å². The van der Waals surface area contributed by atoms with E-state index in [1.807, 2.05) is 31.3 Å². The second kappa shape index (κ2) is 10.7. The van der Waals surface area contributed by atoms with E-state index in [4.69, 9.17) is 5.10 Å². The van der Waals surface area contributed by atoms with E-state index in [0.717, 1.165) is 59.7 Å². The van der Waals surface area contributed by atoms with Crippen LogP contribution < -0.4 is 0 Å². The molecular formula is C37H26F6N4S2. The van der Waals surface area contributed by atoms with Gasteiger partial charge in [-0.25, -0.2) is 9.36 Å². The van der Waals surface area contributed by atoms with Crippen molar-refractivity contribution in [2.24, 2.45) is 0 Å². The van der Waals surface area contributed by atoms with Gasteiger partial charge in [0, 0.05) is 43.3 Å². The van der Waals surface area contributed by atoms with Gasteiger partial charge in [0.2, 0.25) is 0 Å². The third-order valence-electron chi connectivity index (χ3n) is 9.10. The van der Waals surface area contributed by atoms with Crippen LogP contribution >= 0.6 is 22.7 Å². The van der Waals surface area contributed by atoms with Crippen molar-refractivity contribution in [2.45, 2.75) is 45.5 Å². The summed E-state index contributed by atoms with van der Waals surface area (Å²) in [6.07, 6.45) is -6.61. The molecule has 0 bridgehead atoms. The van der Waals surface area contributed by atoms with Crippen molar-refractivity contribution in [3.05, 3.63) is 119 Å². The van der Waals surface area contributed by atoms with E-state index in [1.54, 1.807) is 54.1 Å².